The number of rotatable bonds is 4. The first-order chi connectivity index (χ1) is 17.7. The Labute approximate surface area is 216 Å². The number of carbonyl (C=O) groups is 3. The van der Waals surface area contributed by atoms with Gasteiger partial charge in [-0.2, -0.15) is 26.3 Å². The summed E-state index contributed by atoms with van der Waals surface area (Å²) in [5, 5.41) is 19.3. The maximum atomic E-state index is 12.4. The Bertz CT molecular complexity index is 1030. The first kappa shape index (κ1) is 31.0. The van der Waals surface area contributed by atoms with E-state index in [1.807, 2.05) is 12.1 Å². The van der Waals surface area contributed by atoms with Gasteiger partial charge in [0.2, 0.25) is 0 Å². The second-order valence-corrected chi connectivity index (χ2v) is 9.02. The number of hydrogen-bond donors (Lipinski definition) is 3. The van der Waals surface area contributed by atoms with Gasteiger partial charge in [0, 0.05) is 30.2 Å². The van der Waals surface area contributed by atoms with Gasteiger partial charge in [-0.25, -0.2) is 9.59 Å². The molecule has 2 aliphatic rings. The summed E-state index contributed by atoms with van der Waals surface area (Å²) in [6.07, 6.45) is -4.21. The van der Waals surface area contributed by atoms with Gasteiger partial charge in [-0.05, 0) is 42.8 Å². The van der Waals surface area contributed by atoms with Gasteiger partial charge in [-0.15, -0.1) is 11.3 Å². The zero-order chi connectivity index (χ0) is 28.5. The van der Waals surface area contributed by atoms with Crippen LogP contribution in [0.1, 0.15) is 24.1 Å². The number of nitrogens with one attached hydrogen (secondary N) is 1. The number of anilines is 1. The van der Waals surface area contributed by atoms with E-state index in [-0.39, 0.29) is 18.1 Å². The van der Waals surface area contributed by atoms with Crippen LogP contribution in [0.3, 0.4) is 0 Å². The largest absolute Gasteiger partial charge is 0.490 e. The first-order valence-corrected chi connectivity index (χ1v) is 11.8. The van der Waals surface area contributed by atoms with Crippen molar-refractivity contribution in [3.05, 3.63) is 46.9 Å². The van der Waals surface area contributed by atoms with E-state index in [0.717, 1.165) is 38.0 Å². The number of amides is 1. The monoisotopic (exact) mass is 571 g/mol. The molecule has 0 aromatic carbocycles. The summed E-state index contributed by atoms with van der Waals surface area (Å²) in [7, 11) is 0. The van der Waals surface area contributed by atoms with E-state index in [0.29, 0.717) is 6.04 Å². The molecule has 3 N–H and O–H groups in total. The molecule has 4 heterocycles. The third kappa shape index (κ3) is 9.90. The number of thiophene rings is 1. The summed E-state index contributed by atoms with van der Waals surface area (Å²) < 4.78 is 69.6. The summed E-state index contributed by atoms with van der Waals surface area (Å²) in [5.41, 5.74) is 0.721. The molecule has 2 aliphatic heterocycles. The molecule has 0 unspecified atom stereocenters. The van der Waals surface area contributed by atoms with Gasteiger partial charge in [0.1, 0.15) is 6.10 Å². The number of carbonyl (C=O) groups excluding carboxylic acids is 1. The lowest BCUT2D eigenvalue weighted by atomic mass is 9.98. The maximum absolute atomic E-state index is 12.4. The van der Waals surface area contributed by atoms with Crippen LogP contribution in [-0.4, -0.2) is 75.1 Å². The number of aliphatic carboxylic acids is 2. The molecular weight excluding hydrogens is 548 g/mol. The topological polar surface area (TPSA) is 129 Å². The van der Waals surface area contributed by atoms with Gasteiger partial charge in [0.05, 0.1) is 18.0 Å². The fourth-order valence-electron chi connectivity index (χ4n) is 3.67. The first-order valence-electron chi connectivity index (χ1n) is 10.9. The van der Waals surface area contributed by atoms with Crippen molar-refractivity contribution in [1.29, 1.82) is 0 Å². The van der Waals surface area contributed by atoms with Crippen LogP contribution < -0.4 is 5.32 Å². The van der Waals surface area contributed by atoms with Crippen molar-refractivity contribution < 1.29 is 55.7 Å². The summed E-state index contributed by atoms with van der Waals surface area (Å²) in [6, 6.07) is 8.38. The lowest BCUT2D eigenvalue weighted by Gasteiger charge is -2.35. The minimum Gasteiger partial charge on any atom is -0.475 e. The van der Waals surface area contributed by atoms with E-state index in [2.05, 4.69) is 32.7 Å². The van der Waals surface area contributed by atoms with Crippen molar-refractivity contribution in [3.63, 3.8) is 0 Å². The van der Waals surface area contributed by atoms with E-state index in [4.69, 9.17) is 24.5 Å². The summed E-state index contributed by atoms with van der Waals surface area (Å²) in [6.45, 7) is 2.04. The number of likely N-dealkylation sites (tertiary alicyclic amines) is 1. The van der Waals surface area contributed by atoms with Crippen LogP contribution in [-0.2, 0) is 25.7 Å². The lowest BCUT2D eigenvalue weighted by molar-refractivity contribution is -0.193. The van der Waals surface area contributed by atoms with Gasteiger partial charge in [0.15, 0.2) is 0 Å². The molecule has 0 bridgehead atoms. The van der Waals surface area contributed by atoms with E-state index < -0.39 is 24.3 Å². The molecule has 0 saturated carbocycles. The Hall–Kier alpha value is -3.24. The van der Waals surface area contributed by atoms with Crippen molar-refractivity contribution in [3.8, 4) is 0 Å². The number of halogens is 6. The highest BCUT2D eigenvalue weighted by Gasteiger charge is 2.42. The third-order valence-corrected chi connectivity index (χ3v) is 6.17. The fraction of sp³-hybridized carbons (Fsp3) is 0.455. The Morgan fingerprint density at radius 3 is 2.16 bits per heavy atom. The molecule has 2 aromatic heterocycles. The number of carboxylic acids is 2. The fourth-order valence-corrected chi connectivity index (χ4v) is 4.40. The molecule has 0 radical (unpaired) electrons. The lowest BCUT2D eigenvalue weighted by Crippen LogP contribution is -2.46. The SMILES string of the molecule is O=C(Nc1cccnc1)[C@@H]1CC[C@@H]2[C@@H](CCN2Cc2cccs2)O1.O=C(O)C(F)(F)F.O=C(O)C(F)(F)F. The minimum atomic E-state index is -5.08. The van der Waals surface area contributed by atoms with Crippen LogP contribution >= 0.6 is 11.3 Å². The molecule has 2 fully saturated rings. The highest BCUT2D eigenvalue weighted by molar-refractivity contribution is 7.09. The molecule has 0 spiro atoms. The Morgan fingerprint density at radius 2 is 1.66 bits per heavy atom. The van der Waals surface area contributed by atoms with Crippen molar-refractivity contribution >= 4 is 34.9 Å². The molecule has 2 aromatic rings. The molecule has 1 amide bonds. The van der Waals surface area contributed by atoms with Crippen molar-refractivity contribution in [2.24, 2.45) is 0 Å². The molecule has 16 heteroatoms. The van der Waals surface area contributed by atoms with Crippen molar-refractivity contribution in [2.45, 2.75) is 56.4 Å². The van der Waals surface area contributed by atoms with Crippen LogP contribution in [0, 0.1) is 0 Å². The Balaban J connectivity index is 0.000000301. The van der Waals surface area contributed by atoms with Gasteiger partial charge < -0.3 is 20.3 Å². The predicted molar refractivity (Wildman–Crippen MR) is 121 cm³/mol. The number of ether oxygens (including phenoxy) is 1. The zero-order valence-corrected chi connectivity index (χ0v) is 20.2. The minimum absolute atomic E-state index is 0.0573. The standard InChI is InChI=1S/C18H21N3O2S.2C2HF3O2/c22-18(20-13-3-1-8-19-11-13)17-6-5-15-16(23-17)7-9-21(15)12-14-4-2-10-24-14;2*3-2(4,5)1(6)7/h1-4,8,10-11,15-17H,5-7,9,12H2,(H,20,22);2*(H,6,7)/t15-,16-,17+;;/m1../s1. The van der Waals surface area contributed by atoms with Gasteiger partial charge >= 0.3 is 24.3 Å². The van der Waals surface area contributed by atoms with E-state index >= 15 is 0 Å². The van der Waals surface area contributed by atoms with Gasteiger partial charge in [-0.1, -0.05) is 6.07 Å². The number of pyridine rings is 1. The summed E-state index contributed by atoms with van der Waals surface area (Å²) >= 11 is 1.80. The van der Waals surface area contributed by atoms with E-state index in [1.165, 1.54) is 4.88 Å². The van der Waals surface area contributed by atoms with Crippen LogP contribution in [0.4, 0.5) is 32.0 Å². The average molecular weight is 571 g/mol. The second kappa shape index (κ2) is 13.5. The smallest absolute Gasteiger partial charge is 0.475 e. The third-order valence-electron chi connectivity index (χ3n) is 5.31. The average Bonchev–Trinajstić information content (AvgIpc) is 3.49. The molecule has 0 aliphatic carbocycles. The predicted octanol–water partition coefficient (Wildman–Crippen LogP) is 4.17. The highest BCUT2D eigenvalue weighted by Crippen LogP contribution is 2.33. The molecule has 210 valence electrons. The molecule has 9 nitrogen and oxygen atoms in total. The highest BCUT2D eigenvalue weighted by atomic mass is 32.1. The second-order valence-electron chi connectivity index (χ2n) is 7.98. The van der Waals surface area contributed by atoms with Crippen LogP contribution in [0.25, 0.3) is 0 Å². The number of fused-ring (bicyclic) bond motifs is 1. The zero-order valence-electron chi connectivity index (χ0n) is 19.4. The summed E-state index contributed by atoms with van der Waals surface area (Å²) in [5.74, 6) is -5.57. The van der Waals surface area contributed by atoms with Gasteiger partial charge in [-0.3, -0.25) is 14.7 Å². The number of nitrogens with zero attached hydrogens (tertiary/aromatic N) is 2. The number of hydrogen-bond acceptors (Lipinski definition) is 7. The number of aromatic nitrogens is 1. The molecule has 38 heavy (non-hydrogen) atoms. The van der Waals surface area contributed by atoms with E-state index in [1.54, 1.807) is 23.7 Å². The van der Waals surface area contributed by atoms with Crippen LogP contribution in [0.5, 0.6) is 0 Å². The van der Waals surface area contributed by atoms with Crippen molar-refractivity contribution in [1.82, 2.24) is 9.88 Å². The van der Waals surface area contributed by atoms with E-state index in [9.17, 15) is 31.1 Å². The Kier molecular flexibility index (Phi) is 11.0. The maximum Gasteiger partial charge on any atom is 0.490 e. The van der Waals surface area contributed by atoms with Gasteiger partial charge in [0.25, 0.3) is 5.91 Å². The molecule has 3 atom stereocenters. The number of carboxylic acid groups (broad SMARTS) is 2. The normalized spacial score (nSPS) is 21.2. The van der Waals surface area contributed by atoms with Crippen LogP contribution in [0.2, 0.25) is 0 Å². The van der Waals surface area contributed by atoms with Crippen molar-refractivity contribution in [2.75, 3.05) is 11.9 Å². The quantitative estimate of drug-likeness (QED) is 0.467. The number of alkyl halides is 6. The molecular formula is C22H23F6N3O6S. The molecule has 2 saturated heterocycles. The molecule has 4 rings (SSSR count). The Morgan fingerprint density at radius 1 is 1.03 bits per heavy atom. The summed E-state index contributed by atoms with van der Waals surface area (Å²) in [4.78, 5) is 38.1. The van der Waals surface area contributed by atoms with Crippen LogP contribution in [0.15, 0.2) is 42.0 Å².